The van der Waals surface area contributed by atoms with Crippen LogP contribution in [0.25, 0.3) is 0 Å². The lowest BCUT2D eigenvalue weighted by Gasteiger charge is -2.08. The molecule has 0 aromatic heterocycles. The van der Waals surface area contributed by atoms with Crippen LogP contribution in [-0.4, -0.2) is 32.7 Å². The Balaban J connectivity index is 2.16. The molecule has 0 aliphatic heterocycles. The van der Waals surface area contributed by atoms with Gasteiger partial charge < -0.3 is 15.4 Å². The van der Waals surface area contributed by atoms with Crippen molar-refractivity contribution in [2.45, 2.75) is 19.8 Å². The molecule has 1 rings (SSSR count). The van der Waals surface area contributed by atoms with Gasteiger partial charge in [-0.05, 0) is 37.9 Å². The molecule has 4 nitrogen and oxygen atoms in total. The molecule has 0 fully saturated rings. The summed E-state index contributed by atoms with van der Waals surface area (Å²) in [4.78, 5) is 11.7. The Labute approximate surface area is 109 Å². The molecule has 4 heteroatoms. The van der Waals surface area contributed by atoms with E-state index in [2.05, 4.69) is 10.6 Å². The van der Waals surface area contributed by atoms with Crippen LogP contribution in [-0.2, 0) is 9.53 Å². The third kappa shape index (κ3) is 5.80. The van der Waals surface area contributed by atoms with Crippen molar-refractivity contribution in [1.82, 2.24) is 5.32 Å². The van der Waals surface area contributed by atoms with Crippen molar-refractivity contribution in [3.8, 4) is 0 Å². The molecule has 18 heavy (non-hydrogen) atoms. The second-order valence-corrected chi connectivity index (χ2v) is 4.24. The number of aryl methyl sites for hydroxylation is 1. The highest BCUT2D eigenvalue weighted by Gasteiger charge is 2.03. The van der Waals surface area contributed by atoms with Gasteiger partial charge in [0.1, 0.15) is 0 Å². The van der Waals surface area contributed by atoms with Crippen LogP contribution in [0.1, 0.15) is 18.4 Å². The summed E-state index contributed by atoms with van der Waals surface area (Å²) in [5.41, 5.74) is 1.95. The number of methoxy groups -OCH3 is 1. The number of hydrogen-bond acceptors (Lipinski definition) is 3. The van der Waals surface area contributed by atoms with Crippen LogP contribution in [0.5, 0.6) is 0 Å². The van der Waals surface area contributed by atoms with Crippen LogP contribution in [0.2, 0.25) is 0 Å². The average molecular weight is 250 g/mol. The first-order chi connectivity index (χ1) is 8.74. The fraction of sp³-hybridized carbons (Fsp3) is 0.500. The Bertz CT molecular complexity index is 367. The van der Waals surface area contributed by atoms with Gasteiger partial charge in [-0.25, -0.2) is 0 Å². The zero-order valence-corrected chi connectivity index (χ0v) is 11.2. The van der Waals surface area contributed by atoms with E-state index in [1.165, 1.54) is 0 Å². The summed E-state index contributed by atoms with van der Waals surface area (Å²) in [5, 5.41) is 6.00. The number of carbonyl (C=O) groups excluding carboxylic acids is 1. The van der Waals surface area contributed by atoms with E-state index in [0.29, 0.717) is 6.54 Å². The molecule has 0 saturated carbocycles. The van der Waals surface area contributed by atoms with E-state index >= 15 is 0 Å². The van der Waals surface area contributed by atoms with Gasteiger partial charge in [0, 0.05) is 19.4 Å². The number of nitrogens with one attached hydrogen (secondary N) is 2. The summed E-state index contributed by atoms with van der Waals surface area (Å²) in [7, 11) is 1.70. The summed E-state index contributed by atoms with van der Waals surface area (Å²) in [6.07, 6.45) is 2.04. The van der Waals surface area contributed by atoms with E-state index in [4.69, 9.17) is 4.74 Å². The number of hydrogen-bond donors (Lipinski definition) is 2. The van der Waals surface area contributed by atoms with E-state index in [9.17, 15) is 4.79 Å². The number of rotatable bonds is 8. The molecule has 100 valence electrons. The lowest BCUT2D eigenvalue weighted by atomic mass is 10.2. The quantitative estimate of drug-likeness (QED) is 0.693. The highest BCUT2D eigenvalue weighted by atomic mass is 16.5. The normalized spacial score (nSPS) is 10.3. The minimum absolute atomic E-state index is 0.00367. The Morgan fingerprint density at radius 1 is 1.28 bits per heavy atom. The number of ether oxygens (including phenoxy) is 1. The minimum atomic E-state index is -0.00367. The van der Waals surface area contributed by atoms with Crippen molar-refractivity contribution >= 4 is 11.6 Å². The van der Waals surface area contributed by atoms with Crippen LogP contribution in [0.3, 0.4) is 0 Å². The molecule has 0 heterocycles. The van der Waals surface area contributed by atoms with E-state index in [0.717, 1.165) is 37.2 Å². The largest absolute Gasteiger partial charge is 0.385 e. The molecule has 1 aromatic carbocycles. The van der Waals surface area contributed by atoms with Crippen molar-refractivity contribution in [3.63, 3.8) is 0 Å². The van der Waals surface area contributed by atoms with Crippen LogP contribution >= 0.6 is 0 Å². The number of amides is 1. The first kappa shape index (κ1) is 14.7. The smallest absolute Gasteiger partial charge is 0.238 e. The molecule has 2 N–H and O–H groups in total. The predicted molar refractivity (Wildman–Crippen MR) is 73.8 cm³/mol. The van der Waals surface area contributed by atoms with Crippen LogP contribution in [0.15, 0.2) is 24.3 Å². The molecule has 0 aliphatic rings. The second kappa shape index (κ2) is 8.66. The first-order valence-corrected chi connectivity index (χ1v) is 6.29. The van der Waals surface area contributed by atoms with Crippen LogP contribution in [0.4, 0.5) is 5.69 Å². The average Bonchev–Trinajstić information content (AvgIpc) is 2.36. The third-order valence-electron chi connectivity index (χ3n) is 2.66. The van der Waals surface area contributed by atoms with Crippen LogP contribution < -0.4 is 10.6 Å². The van der Waals surface area contributed by atoms with Gasteiger partial charge in [0.15, 0.2) is 0 Å². The first-order valence-electron chi connectivity index (χ1n) is 6.29. The third-order valence-corrected chi connectivity index (χ3v) is 2.66. The van der Waals surface area contributed by atoms with Crippen molar-refractivity contribution < 1.29 is 9.53 Å². The second-order valence-electron chi connectivity index (χ2n) is 4.24. The molecule has 1 amide bonds. The fourth-order valence-corrected chi connectivity index (χ4v) is 1.61. The van der Waals surface area contributed by atoms with Gasteiger partial charge in [-0.1, -0.05) is 18.2 Å². The molecule has 0 unspecified atom stereocenters. The van der Waals surface area contributed by atoms with Gasteiger partial charge in [-0.2, -0.15) is 0 Å². The van der Waals surface area contributed by atoms with Crippen molar-refractivity contribution in [2.75, 3.05) is 32.1 Å². The van der Waals surface area contributed by atoms with Crippen LogP contribution in [0, 0.1) is 6.92 Å². The molecular formula is C14H22N2O2. The Morgan fingerprint density at radius 2 is 2.06 bits per heavy atom. The maximum absolute atomic E-state index is 11.7. The lowest BCUT2D eigenvalue weighted by molar-refractivity contribution is -0.115. The maximum atomic E-state index is 11.7. The lowest BCUT2D eigenvalue weighted by Crippen LogP contribution is -2.29. The molecule has 0 atom stereocenters. The van der Waals surface area contributed by atoms with Gasteiger partial charge in [0.2, 0.25) is 5.91 Å². The van der Waals surface area contributed by atoms with Gasteiger partial charge in [-0.15, -0.1) is 0 Å². The Hall–Kier alpha value is -1.39. The molecule has 1 aromatic rings. The van der Waals surface area contributed by atoms with Gasteiger partial charge in [0.05, 0.1) is 6.54 Å². The number of unbranched alkanes of at least 4 members (excludes halogenated alkanes) is 1. The monoisotopic (exact) mass is 250 g/mol. The van der Waals surface area contributed by atoms with E-state index in [1.54, 1.807) is 7.11 Å². The molecule has 0 spiro atoms. The van der Waals surface area contributed by atoms with E-state index in [-0.39, 0.29) is 5.91 Å². The predicted octanol–water partition coefficient (Wildman–Crippen LogP) is 1.95. The van der Waals surface area contributed by atoms with Crippen molar-refractivity contribution in [1.29, 1.82) is 0 Å². The number of benzene rings is 1. The summed E-state index contributed by atoms with van der Waals surface area (Å²) < 4.78 is 4.95. The summed E-state index contributed by atoms with van der Waals surface area (Å²) in [6.45, 7) is 3.94. The molecule has 0 bridgehead atoms. The maximum Gasteiger partial charge on any atom is 0.238 e. The zero-order valence-electron chi connectivity index (χ0n) is 11.2. The standard InChI is InChI=1S/C14H22N2O2/c1-12-7-3-4-8-13(12)16-14(17)11-15-9-5-6-10-18-2/h3-4,7-8,15H,5-6,9-11H2,1-2H3,(H,16,17). The molecular weight excluding hydrogens is 228 g/mol. The highest BCUT2D eigenvalue weighted by molar-refractivity contribution is 5.92. The van der Waals surface area contributed by atoms with Gasteiger partial charge in [0.25, 0.3) is 0 Å². The summed E-state index contributed by atoms with van der Waals surface area (Å²) in [5.74, 6) is -0.00367. The van der Waals surface area contributed by atoms with Gasteiger partial charge >= 0.3 is 0 Å². The summed E-state index contributed by atoms with van der Waals surface area (Å²) >= 11 is 0. The Kier molecular flexibility index (Phi) is 7.06. The topological polar surface area (TPSA) is 50.4 Å². The molecule has 0 saturated heterocycles. The fourth-order valence-electron chi connectivity index (χ4n) is 1.61. The zero-order chi connectivity index (χ0) is 13.2. The molecule has 0 radical (unpaired) electrons. The van der Waals surface area contributed by atoms with Gasteiger partial charge in [-0.3, -0.25) is 4.79 Å². The number of carbonyl (C=O) groups is 1. The number of anilines is 1. The van der Waals surface area contributed by atoms with E-state index in [1.807, 2.05) is 31.2 Å². The number of para-hydroxylation sites is 1. The van der Waals surface area contributed by atoms with Crippen molar-refractivity contribution in [3.05, 3.63) is 29.8 Å². The van der Waals surface area contributed by atoms with E-state index < -0.39 is 0 Å². The van der Waals surface area contributed by atoms with Crippen molar-refractivity contribution in [2.24, 2.45) is 0 Å². The minimum Gasteiger partial charge on any atom is -0.385 e. The molecule has 0 aliphatic carbocycles. The SMILES string of the molecule is COCCCCNCC(=O)Nc1ccccc1C. The Morgan fingerprint density at radius 3 is 2.78 bits per heavy atom. The highest BCUT2D eigenvalue weighted by Crippen LogP contribution is 2.12. The summed E-state index contributed by atoms with van der Waals surface area (Å²) in [6, 6.07) is 7.76.